The molecule has 1 heterocycles. The summed E-state index contributed by atoms with van der Waals surface area (Å²) in [5.74, 6) is 0.199. The number of nitrogens with zero attached hydrogens (tertiary/aromatic N) is 2. The molecule has 2 aromatic rings. The number of hydrogen-bond acceptors (Lipinski definition) is 6. The first-order chi connectivity index (χ1) is 9.10. The minimum absolute atomic E-state index is 0.195. The standard InChI is InChI=1S/C13H14N2O3S/c1-4-17-12(16)11-14-15-13(19-11)18-10-6-5-8(2)9(3)7-10/h5-7H,4H2,1-3H3. The van der Waals surface area contributed by atoms with E-state index in [1.807, 2.05) is 32.0 Å². The number of aromatic nitrogens is 2. The van der Waals surface area contributed by atoms with Gasteiger partial charge in [-0.15, -0.1) is 5.10 Å². The molecule has 0 aliphatic rings. The summed E-state index contributed by atoms with van der Waals surface area (Å²) in [5, 5.41) is 8.07. The van der Waals surface area contributed by atoms with Crippen molar-refractivity contribution in [3.63, 3.8) is 0 Å². The molecular weight excluding hydrogens is 264 g/mol. The lowest BCUT2D eigenvalue weighted by Crippen LogP contribution is -2.03. The predicted molar refractivity (Wildman–Crippen MR) is 71.9 cm³/mol. The van der Waals surface area contributed by atoms with Gasteiger partial charge in [-0.1, -0.05) is 11.2 Å². The van der Waals surface area contributed by atoms with Crippen LogP contribution in [-0.4, -0.2) is 22.8 Å². The van der Waals surface area contributed by atoms with Gasteiger partial charge in [-0.25, -0.2) is 4.79 Å². The van der Waals surface area contributed by atoms with Gasteiger partial charge in [-0.2, -0.15) is 0 Å². The molecule has 6 heteroatoms. The molecule has 0 aliphatic carbocycles. The molecule has 0 saturated carbocycles. The van der Waals surface area contributed by atoms with E-state index in [-0.39, 0.29) is 5.01 Å². The summed E-state index contributed by atoms with van der Waals surface area (Å²) in [4.78, 5) is 11.4. The van der Waals surface area contributed by atoms with Gasteiger partial charge in [-0.05, 0) is 55.4 Å². The summed E-state index contributed by atoms with van der Waals surface area (Å²) < 4.78 is 10.4. The summed E-state index contributed by atoms with van der Waals surface area (Å²) in [6.45, 7) is 6.09. The number of aryl methyl sites for hydroxylation is 2. The van der Waals surface area contributed by atoms with Crippen molar-refractivity contribution in [3.05, 3.63) is 34.3 Å². The zero-order valence-electron chi connectivity index (χ0n) is 11.0. The Morgan fingerprint density at radius 1 is 1.26 bits per heavy atom. The molecule has 5 nitrogen and oxygen atoms in total. The van der Waals surface area contributed by atoms with E-state index in [1.165, 1.54) is 5.56 Å². The Morgan fingerprint density at radius 3 is 2.74 bits per heavy atom. The lowest BCUT2D eigenvalue weighted by atomic mass is 10.1. The first kappa shape index (κ1) is 13.5. The molecule has 0 bridgehead atoms. The molecule has 0 unspecified atom stereocenters. The van der Waals surface area contributed by atoms with Crippen LogP contribution in [0.4, 0.5) is 0 Å². The molecule has 0 N–H and O–H groups in total. The SMILES string of the molecule is CCOC(=O)c1nnc(Oc2ccc(C)c(C)c2)s1. The normalized spacial score (nSPS) is 10.3. The zero-order chi connectivity index (χ0) is 13.8. The number of carbonyl (C=O) groups excluding carboxylic acids is 1. The molecule has 0 aliphatic heterocycles. The highest BCUT2D eigenvalue weighted by atomic mass is 32.1. The van der Waals surface area contributed by atoms with Crippen LogP contribution in [0, 0.1) is 13.8 Å². The molecule has 0 spiro atoms. The number of ether oxygens (including phenoxy) is 2. The monoisotopic (exact) mass is 278 g/mol. The average molecular weight is 278 g/mol. The predicted octanol–water partition coefficient (Wildman–Crippen LogP) is 3.12. The van der Waals surface area contributed by atoms with Crippen molar-refractivity contribution in [1.29, 1.82) is 0 Å². The van der Waals surface area contributed by atoms with Crippen LogP contribution in [-0.2, 0) is 4.74 Å². The van der Waals surface area contributed by atoms with Gasteiger partial charge in [0.15, 0.2) is 0 Å². The van der Waals surface area contributed by atoms with Gasteiger partial charge in [-0.3, -0.25) is 0 Å². The second-order valence-corrected chi connectivity index (χ2v) is 4.88. The second-order valence-electron chi connectivity index (χ2n) is 3.94. The van der Waals surface area contributed by atoms with E-state index in [0.29, 0.717) is 17.6 Å². The quantitative estimate of drug-likeness (QED) is 0.804. The molecule has 0 amide bonds. The van der Waals surface area contributed by atoms with E-state index < -0.39 is 5.97 Å². The topological polar surface area (TPSA) is 61.3 Å². The third kappa shape index (κ3) is 3.29. The van der Waals surface area contributed by atoms with Crippen LogP contribution < -0.4 is 4.74 Å². The smallest absolute Gasteiger partial charge is 0.369 e. The van der Waals surface area contributed by atoms with Crippen LogP contribution in [0.5, 0.6) is 10.9 Å². The highest BCUT2D eigenvalue weighted by molar-refractivity contribution is 7.14. The van der Waals surface area contributed by atoms with Crippen LogP contribution in [0.2, 0.25) is 0 Å². The molecule has 100 valence electrons. The van der Waals surface area contributed by atoms with E-state index in [4.69, 9.17) is 9.47 Å². The summed E-state index contributed by atoms with van der Waals surface area (Å²) >= 11 is 1.07. The van der Waals surface area contributed by atoms with E-state index >= 15 is 0 Å². The molecule has 0 radical (unpaired) electrons. The van der Waals surface area contributed by atoms with Crippen LogP contribution >= 0.6 is 11.3 Å². The third-order valence-electron chi connectivity index (χ3n) is 2.54. The second kappa shape index (κ2) is 5.79. The molecular formula is C13H14N2O3S. The van der Waals surface area contributed by atoms with E-state index in [1.54, 1.807) is 6.92 Å². The Balaban J connectivity index is 2.11. The first-order valence-electron chi connectivity index (χ1n) is 5.86. The van der Waals surface area contributed by atoms with Crippen LogP contribution in [0.1, 0.15) is 27.9 Å². The lowest BCUT2D eigenvalue weighted by Gasteiger charge is -2.04. The van der Waals surface area contributed by atoms with Gasteiger partial charge in [0.05, 0.1) is 6.61 Å². The van der Waals surface area contributed by atoms with E-state index in [2.05, 4.69) is 10.2 Å². The maximum atomic E-state index is 11.4. The molecule has 0 saturated heterocycles. The maximum Gasteiger partial charge on any atom is 0.369 e. The molecule has 0 atom stereocenters. The van der Waals surface area contributed by atoms with Crippen molar-refractivity contribution in [3.8, 4) is 10.9 Å². The summed E-state index contributed by atoms with van der Waals surface area (Å²) in [7, 11) is 0. The zero-order valence-corrected chi connectivity index (χ0v) is 11.8. The lowest BCUT2D eigenvalue weighted by molar-refractivity contribution is 0.0525. The third-order valence-corrected chi connectivity index (χ3v) is 3.32. The number of benzene rings is 1. The maximum absolute atomic E-state index is 11.4. The molecule has 1 aromatic carbocycles. The summed E-state index contributed by atoms with van der Waals surface area (Å²) in [6.07, 6.45) is 0. The Hall–Kier alpha value is -1.95. The summed E-state index contributed by atoms with van der Waals surface area (Å²) in [5.41, 5.74) is 2.32. The summed E-state index contributed by atoms with van der Waals surface area (Å²) in [6, 6.07) is 5.74. The Bertz CT molecular complexity index is 595. The highest BCUT2D eigenvalue weighted by Crippen LogP contribution is 2.26. The number of hydrogen-bond donors (Lipinski definition) is 0. The fraction of sp³-hybridized carbons (Fsp3) is 0.308. The minimum atomic E-state index is -0.477. The average Bonchev–Trinajstić information content (AvgIpc) is 2.83. The van der Waals surface area contributed by atoms with Crippen molar-refractivity contribution >= 4 is 17.3 Å². The number of esters is 1. The van der Waals surface area contributed by atoms with Crippen LogP contribution in [0.15, 0.2) is 18.2 Å². The van der Waals surface area contributed by atoms with Gasteiger partial charge in [0.1, 0.15) is 5.75 Å². The van der Waals surface area contributed by atoms with Gasteiger partial charge in [0.2, 0.25) is 5.01 Å². The largest absolute Gasteiger partial charge is 0.461 e. The molecule has 2 rings (SSSR count). The molecule has 1 aromatic heterocycles. The molecule has 19 heavy (non-hydrogen) atoms. The Kier molecular flexibility index (Phi) is 4.11. The van der Waals surface area contributed by atoms with E-state index in [0.717, 1.165) is 16.9 Å². The fourth-order valence-electron chi connectivity index (χ4n) is 1.40. The number of rotatable bonds is 4. The highest BCUT2D eigenvalue weighted by Gasteiger charge is 2.14. The van der Waals surface area contributed by atoms with Crippen molar-refractivity contribution in [2.45, 2.75) is 20.8 Å². The van der Waals surface area contributed by atoms with Crippen molar-refractivity contribution in [1.82, 2.24) is 10.2 Å². The molecule has 0 fully saturated rings. The number of carbonyl (C=O) groups is 1. The van der Waals surface area contributed by atoms with Crippen LogP contribution in [0.3, 0.4) is 0 Å². The van der Waals surface area contributed by atoms with E-state index in [9.17, 15) is 4.79 Å². The fourth-order valence-corrected chi connectivity index (χ4v) is 2.01. The van der Waals surface area contributed by atoms with Crippen molar-refractivity contribution in [2.75, 3.05) is 6.61 Å². The van der Waals surface area contributed by atoms with Crippen LogP contribution in [0.25, 0.3) is 0 Å². The minimum Gasteiger partial charge on any atom is -0.461 e. The first-order valence-corrected chi connectivity index (χ1v) is 6.67. The Labute approximate surface area is 115 Å². The Morgan fingerprint density at radius 2 is 2.05 bits per heavy atom. The van der Waals surface area contributed by atoms with Gasteiger partial charge >= 0.3 is 5.97 Å². The van der Waals surface area contributed by atoms with Gasteiger partial charge < -0.3 is 9.47 Å². The van der Waals surface area contributed by atoms with Crippen molar-refractivity contribution in [2.24, 2.45) is 0 Å². The van der Waals surface area contributed by atoms with Crippen molar-refractivity contribution < 1.29 is 14.3 Å². The van der Waals surface area contributed by atoms with Gasteiger partial charge in [0, 0.05) is 0 Å². The van der Waals surface area contributed by atoms with Gasteiger partial charge in [0.25, 0.3) is 5.19 Å².